The fourth-order valence-electron chi connectivity index (χ4n) is 3.71. The van der Waals surface area contributed by atoms with Crippen LogP contribution >= 0.6 is 0 Å². The molecule has 0 aliphatic heterocycles. The minimum absolute atomic E-state index is 0.0128. The Labute approximate surface area is 165 Å². The number of fused-ring (bicyclic) bond motifs is 1. The second-order valence-corrected chi connectivity index (χ2v) is 6.81. The average Bonchev–Trinajstić information content (AvgIpc) is 3.12. The SMILES string of the molecule is COc1ccc(CC(=O)NCC2CCc3cc(OC)c(OC)cc32)cc1OC. The van der Waals surface area contributed by atoms with E-state index in [-0.39, 0.29) is 11.8 Å². The van der Waals surface area contributed by atoms with Gasteiger partial charge in [0, 0.05) is 12.5 Å². The Hall–Kier alpha value is -2.89. The van der Waals surface area contributed by atoms with Gasteiger partial charge in [0.05, 0.1) is 34.9 Å². The molecule has 1 aliphatic rings. The standard InChI is InChI=1S/C22H27NO5/c1-25-18-8-5-14(9-19(18)26-2)10-22(24)23-13-16-7-6-15-11-20(27-3)21(28-4)12-17(15)16/h5,8-9,11-12,16H,6-7,10,13H2,1-4H3,(H,23,24). The molecule has 6 nitrogen and oxygen atoms in total. The minimum atomic E-state index is -0.0128. The second-order valence-electron chi connectivity index (χ2n) is 6.81. The maximum absolute atomic E-state index is 12.4. The van der Waals surface area contributed by atoms with Crippen molar-refractivity contribution in [2.75, 3.05) is 35.0 Å². The van der Waals surface area contributed by atoms with E-state index in [2.05, 4.69) is 5.32 Å². The summed E-state index contributed by atoms with van der Waals surface area (Å²) in [7, 11) is 6.46. The number of carbonyl (C=O) groups excluding carboxylic acids is 1. The van der Waals surface area contributed by atoms with Crippen LogP contribution in [0.5, 0.6) is 23.0 Å². The molecule has 0 fully saturated rings. The molecule has 28 heavy (non-hydrogen) atoms. The first-order chi connectivity index (χ1) is 13.6. The van der Waals surface area contributed by atoms with Crippen LogP contribution in [0.3, 0.4) is 0 Å². The Morgan fingerprint density at radius 3 is 2.25 bits per heavy atom. The third-order valence-electron chi connectivity index (χ3n) is 5.21. The maximum Gasteiger partial charge on any atom is 0.224 e. The highest BCUT2D eigenvalue weighted by Crippen LogP contribution is 2.40. The van der Waals surface area contributed by atoms with E-state index in [4.69, 9.17) is 18.9 Å². The van der Waals surface area contributed by atoms with Gasteiger partial charge in [0.2, 0.25) is 5.91 Å². The van der Waals surface area contributed by atoms with Gasteiger partial charge in [0.25, 0.3) is 0 Å². The molecule has 1 atom stereocenters. The van der Waals surface area contributed by atoms with Crippen LogP contribution in [0.2, 0.25) is 0 Å². The predicted octanol–water partition coefficient (Wildman–Crippen LogP) is 3.11. The second kappa shape index (κ2) is 8.87. The van der Waals surface area contributed by atoms with Crippen molar-refractivity contribution < 1.29 is 23.7 Å². The van der Waals surface area contributed by atoms with Gasteiger partial charge in [-0.15, -0.1) is 0 Å². The van der Waals surface area contributed by atoms with Crippen molar-refractivity contribution in [2.45, 2.75) is 25.2 Å². The smallest absolute Gasteiger partial charge is 0.224 e. The van der Waals surface area contributed by atoms with Crippen molar-refractivity contribution in [1.29, 1.82) is 0 Å². The quantitative estimate of drug-likeness (QED) is 0.756. The normalized spacial score (nSPS) is 14.9. The molecule has 1 N–H and O–H groups in total. The van der Waals surface area contributed by atoms with E-state index in [1.165, 1.54) is 11.1 Å². The number of benzene rings is 2. The van der Waals surface area contributed by atoms with Crippen molar-refractivity contribution in [2.24, 2.45) is 0 Å². The predicted molar refractivity (Wildman–Crippen MR) is 107 cm³/mol. The first-order valence-electron chi connectivity index (χ1n) is 9.32. The number of hydrogen-bond donors (Lipinski definition) is 1. The molecule has 0 aromatic heterocycles. The number of hydrogen-bond acceptors (Lipinski definition) is 5. The third kappa shape index (κ3) is 4.16. The molecule has 0 heterocycles. The van der Waals surface area contributed by atoms with Gasteiger partial charge in [-0.3, -0.25) is 4.79 Å². The van der Waals surface area contributed by atoms with Crippen molar-refractivity contribution in [3.8, 4) is 23.0 Å². The van der Waals surface area contributed by atoms with Crippen LogP contribution in [0, 0.1) is 0 Å². The molecule has 1 amide bonds. The summed E-state index contributed by atoms with van der Waals surface area (Å²) in [6.45, 7) is 0.606. The first kappa shape index (κ1) is 19.9. The molecule has 0 bridgehead atoms. The molecule has 3 rings (SSSR count). The van der Waals surface area contributed by atoms with Crippen LogP contribution < -0.4 is 24.3 Å². The zero-order chi connectivity index (χ0) is 20.1. The van der Waals surface area contributed by atoms with Crippen LogP contribution in [-0.2, 0) is 17.6 Å². The summed E-state index contributed by atoms with van der Waals surface area (Å²) in [4.78, 5) is 12.4. The third-order valence-corrected chi connectivity index (χ3v) is 5.21. The van der Waals surface area contributed by atoms with Crippen LogP contribution in [0.1, 0.15) is 29.0 Å². The number of rotatable bonds is 8. The lowest BCUT2D eigenvalue weighted by molar-refractivity contribution is -0.120. The van der Waals surface area contributed by atoms with E-state index >= 15 is 0 Å². The summed E-state index contributed by atoms with van der Waals surface area (Å²) in [6, 6.07) is 9.60. The van der Waals surface area contributed by atoms with Gasteiger partial charge in [0.1, 0.15) is 0 Å². The van der Waals surface area contributed by atoms with E-state index in [0.717, 1.165) is 29.9 Å². The lowest BCUT2D eigenvalue weighted by Crippen LogP contribution is -2.29. The number of carbonyl (C=O) groups is 1. The summed E-state index contributed by atoms with van der Waals surface area (Å²) in [6.07, 6.45) is 2.28. The Morgan fingerprint density at radius 1 is 0.929 bits per heavy atom. The Morgan fingerprint density at radius 2 is 1.57 bits per heavy atom. The molecule has 2 aromatic carbocycles. The van der Waals surface area contributed by atoms with Gasteiger partial charge in [0.15, 0.2) is 23.0 Å². The number of nitrogens with one attached hydrogen (secondary N) is 1. The molecule has 6 heteroatoms. The summed E-state index contributed by atoms with van der Waals surface area (Å²) >= 11 is 0. The van der Waals surface area contributed by atoms with Crippen molar-refractivity contribution >= 4 is 5.91 Å². The monoisotopic (exact) mass is 385 g/mol. The number of ether oxygens (including phenoxy) is 4. The summed E-state index contributed by atoms with van der Waals surface area (Å²) in [5, 5.41) is 3.06. The van der Waals surface area contributed by atoms with Gasteiger partial charge < -0.3 is 24.3 Å². The largest absolute Gasteiger partial charge is 0.493 e. The number of methoxy groups -OCH3 is 4. The minimum Gasteiger partial charge on any atom is -0.493 e. The zero-order valence-corrected chi connectivity index (χ0v) is 16.8. The highest BCUT2D eigenvalue weighted by molar-refractivity contribution is 5.79. The van der Waals surface area contributed by atoms with Crippen molar-refractivity contribution in [3.63, 3.8) is 0 Å². The van der Waals surface area contributed by atoms with E-state index in [9.17, 15) is 4.79 Å². The molecule has 1 aliphatic carbocycles. The van der Waals surface area contributed by atoms with Gasteiger partial charge in [-0.25, -0.2) is 0 Å². The summed E-state index contributed by atoms with van der Waals surface area (Å²) < 4.78 is 21.3. The highest BCUT2D eigenvalue weighted by atomic mass is 16.5. The lowest BCUT2D eigenvalue weighted by Gasteiger charge is -2.16. The van der Waals surface area contributed by atoms with Crippen LogP contribution in [0.15, 0.2) is 30.3 Å². The molecular formula is C22H27NO5. The van der Waals surface area contributed by atoms with E-state index in [1.54, 1.807) is 28.4 Å². The molecule has 1 unspecified atom stereocenters. The molecule has 0 saturated heterocycles. The molecule has 2 aromatic rings. The van der Waals surface area contributed by atoms with E-state index < -0.39 is 0 Å². The fourth-order valence-corrected chi connectivity index (χ4v) is 3.71. The first-order valence-corrected chi connectivity index (χ1v) is 9.32. The highest BCUT2D eigenvalue weighted by Gasteiger charge is 2.25. The van der Waals surface area contributed by atoms with Gasteiger partial charge in [-0.2, -0.15) is 0 Å². The van der Waals surface area contributed by atoms with Crippen LogP contribution in [0.4, 0.5) is 0 Å². The lowest BCUT2D eigenvalue weighted by atomic mass is 10.0. The van der Waals surface area contributed by atoms with E-state index in [1.807, 2.05) is 30.3 Å². The Balaban J connectivity index is 1.62. The topological polar surface area (TPSA) is 66.0 Å². The van der Waals surface area contributed by atoms with Gasteiger partial charge in [-0.05, 0) is 53.8 Å². The zero-order valence-electron chi connectivity index (χ0n) is 16.8. The summed E-state index contributed by atoms with van der Waals surface area (Å²) in [5.41, 5.74) is 3.37. The average molecular weight is 385 g/mol. The molecule has 0 spiro atoms. The van der Waals surface area contributed by atoms with Crippen molar-refractivity contribution in [3.05, 3.63) is 47.0 Å². The molecule has 0 radical (unpaired) electrons. The summed E-state index contributed by atoms with van der Waals surface area (Å²) in [5.74, 6) is 3.02. The molecule has 150 valence electrons. The van der Waals surface area contributed by atoms with Crippen LogP contribution in [0.25, 0.3) is 0 Å². The fraction of sp³-hybridized carbons (Fsp3) is 0.409. The number of amides is 1. The van der Waals surface area contributed by atoms with Crippen molar-refractivity contribution in [1.82, 2.24) is 5.32 Å². The van der Waals surface area contributed by atoms with Gasteiger partial charge in [-0.1, -0.05) is 6.07 Å². The Kier molecular flexibility index (Phi) is 6.29. The Bertz CT molecular complexity index is 849. The molecule has 0 saturated carbocycles. The maximum atomic E-state index is 12.4. The number of aryl methyl sites for hydroxylation is 1. The molecular weight excluding hydrogens is 358 g/mol. The van der Waals surface area contributed by atoms with Gasteiger partial charge >= 0.3 is 0 Å². The van der Waals surface area contributed by atoms with E-state index in [0.29, 0.717) is 24.5 Å². The van der Waals surface area contributed by atoms with Crippen LogP contribution in [-0.4, -0.2) is 40.9 Å².